The predicted octanol–water partition coefficient (Wildman–Crippen LogP) is 0.929. The number of nitrogens with zero attached hydrogens (tertiary/aromatic N) is 2. The molecule has 1 aliphatic rings. The summed E-state index contributed by atoms with van der Waals surface area (Å²) in [6, 6.07) is 0.604. The monoisotopic (exact) mass is 241 g/mol. The molecule has 1 atom stereocenters. The molecule has 1 saturated heterocycles. The average Bonchev–Trinajstić information content (AvgIpc) is 2.33. The van der Waals surface area contributed by atoms with Gasteiger partial charge in [0.15, 0.2) is 0 Å². The van der Waals surface area contributed by atoms with Gasteiger partial charge in [-0.1, -0.05) is 0 Å². The summed E-state index contributed by atoms with van der Waals surface area (Å²) in [5.41, 5.74) is 0. The minimum Gasteiger partial charge on any atom is -0.343 e. The van der Waals surface area contributed by atoms with Crippen LogP contribution in [0.2, 0.25) is 0 Å². The number of nitrogens with one attached hydrogen (secondary N) is 1. The molecule has 0 unspecified atom stereocenters. The van der Waals surface area contributed by atoms with Crippen LogP contribution in [0, 0.1) is 0 Å². The van der Waals surface area contributed by atoms with Gasteiger partial charge in [0, 0.05) is 45.2 Å². The maximum atomic E-state index is 11.8. The number of amides is 1. The summed E-state index contributed by atoms with van der Waals surface area (Å²) >= 11 is 0. The second-order valence-corrected chi connectivity index (χ2v) is 4.76. The van der Waals surface area contributed by atoms with Crippen LogP contribution in [0.4, 0.5) is 0 Å². The highest BCUT2D eigenvalue weighted by Crippen LogP contribution is 2.05. The summed E-state index contributed by atoms with van der Waals surface area (Å²) in [4.78, 5) is 16.2. The van der Waals surface area contributed by atoms with Crippen molar-refractivity contribution in [1.29, 1.82) is 0 Å². The summed E-state index contributed by atoms with van der Waals surface area (Å²) in [5, 5.41) is 3.38. The Balaban J connectivity index is 2.20. The van der Waals surface area contributed by atoms with E-state index in [9.17, 15) is 4.79 Å². The smallest absolute Gasteiger partial charge is 0.222 e. The van der Waals surface area contributed by atoms with E-state index in [1.54, 1.807) is 0 Å². The fourth-order valence-corrected chi connectivity index (χ4v) is 2.38. The quantitative estimate of drug-likeness (QED) is 0.751. The topological polar surface area (TPSA) is 35.6 Å². The molecule has 0 saturated carbocycles. The van der Waals surface area contributed by atoms with Crippen molar-refractivity contribution in [2.45, 2.75) is 39.7 Å². The summed E-state index contributed by atoms with van der Waals surface area (Å²) in [7, 11) is 0. The van der Waals surface area contributed by atoms with Gasteiger partial charge in [-0.05, 0) is 33.7 Å². The molecule has 1 amide bonds. The molecule has 0 bridgehead atoms. The van der Waals surface area contributed by atoms with Gasteiger partial charge in [0.2, 0.25) is 5.91 Å². The molecular formula is C13H27N3O. The highest BCUT2D eigenvalue weighted by molar-refractivity contribution is 5.76. The van der Waals surface area contributed by atoms with Gasteiger partial charge in [-0.3, -0.25) is 9.69 Å². The molecular weight excluding hydrogens is 214 g/mol. The second kappa shape index (κ2) is 7.67. The number of hydrogen-bond acceptors (Lipinski definition) is 3. The molecule has 1 N–H and O–H groups in total. The zero-order valence-corrected chi connectivity index (χ0v) is 11.5. The van der Waals surface area contributed by atoms with Gasteiger partial charge in [-0.2, -0.15) is 0 Å². The lowest BCUT2D eigenvalue weighted by Gasteiger charge is -2.33. The Morgan fingerprint density at radius 1 is 1.41 bits per heavy atom. The molecule has 1 fully saturated rings. The van der Waals surface area contributed by atoms with E-state index in [0.29, 0.717) is 18.4 Å². The van der Waals surface area contributed by atoms with E-state index < -0.39 is 0 Å². The van der Waals surface area contributed by atoms with Crippen molar-refractivity contribution >= 4 is 5.91 Å². The summed E-state index contributed by atoms with van der Waals surface area (Å²) in [5.74, 6) is 0.304. The van der Waals surface area contributed by atoms with Gasteiger partial charge < -0.3 is 10.2 Å². The molecule has 0 aromatic carbocycles. The van der Waals surface area contributed by atoms with Crippen molar-refractivity contribution in [3.05, 3.63) is 0 Å². The van der Waals surface area contributed by atoms with Crippen molar-refractivity contribution in [3.8, 4) is 0 Å². The van der Waals surface area contributed by atoms with E-state index in [1.165, 1.54) is 0 Å². The van der Waals surface area contributed by atoms with E-state index in [2.05, 4.69) is 17.1 Å². The lowest BCUT2D eigenvalue weighted by atomic mass is 10.2. The molecule has 0 radical (unpaired) electrons. The van der Waals surface area contributed by atoms with Crippen molar-refractivity contribution in [2.75, 3.05) is 39.3 Å². The third-order valence-electron chi connectivity index (χ3n) is 3.59. The zero-order valence-electron chi connectivity index (χ0n) is 11.5. The molecule has 4 nitrogen and oxygen atoms in total. The lowest BCUT2D eigenvalue weighted by molar-refractivity contribution is -0.131. The second-order valence-electron chi connectivity index (χ2n) is 4.76. The number of carbonyl (C=O) groups is 1. The van der Waals surface area contributed by atoms with E-state index in [-0.39, 0.29) is 0 Å². The molecule has 0 aromatic rings. The summed E-state index contributed by atoms with van der Waals surface area (Å²) in [6.07, 6.45) is 1.68. The standard InChI is InChI=1S/C13H27N3O/c1-4-15(5-2)13(17)7-6-9-16-10-8-14-11-12(16)3/h12,14H,4-11H2,1-3H3/t12-/m1/s1. The van der Waals surface area contributed by atoms with E-state index in [1.807, 2.05) is 18.7 Å². The minimum atomic E-state index is 0.304. The molecule has 1 aliphatic heterocycles. The predicted molar refractivity (Wildman–Crippen MR) is 71.1 cm³/mol. The molecule has 0 aliphatic carbocycles. The first kappa shape index (κ1) is 14.5. The Labute approximate surface area is 105 Å². The van der Waals surface area contributed by atoms with Crippen LogP contribution < -0.4 is 5.32 Å². The van der Waals surface area contributed by atoms with Gasteiger partial charge in [-0.15, -0.1) is 0 Å². The highest BCUT2D eigenvalue weighted by Gasteiger charge is 2.17. The summed E-state index contributed by atoms with van der Waals surface area (Å²) < 4.78 is 0. The van der Waals surface area contributed by atoms with Crippen molar-refractivity contribution < 1.29 is 4.79 Å². The molecule has 0 aromatic heterocycles. The van der Waals surface area contributed by atoms with Gasteiger partial charge in [0.25, 0.3) is 0 Å². The minimum absolute atomic E-state index is 0.304. The maximum Gasteiger partial charge on any atom is 0.222 e. The van der Waals surface area contributed by atoms with E-state index in [4.69, 9.17) is 0 Å². The zero-order chi connectivity index (χ0) is 12.7. The molecule has 100 valence electrons. The Morgan fingerprint density at radius 2 is 2.12 bits per heavy atom. The SMILES string of the molecule is CCN(CC)C(=O)CCCN1CCNC[C@H]1C. The van der Waals surface area contributed by atoms with Gasteiger partial charge in [0.1, 0.15) is 0 Å². The molecule has 1 rings (SSSR count). The van der Waals surface area contributed by atoms with Crippen LogP contribution in [0.25, 0.3) is 0 Å². The normalized spacial score (nSPS) is 21.5. The summed E-state index contributed by atoms with van der Waals surface area (Å²) in [6.45, 7) is 12.3. The maximum absolute atomic E-state index is 11.8. The fraction of sp³-hybridized carbons (Fsp3) is 0.923. The van der Waals surface area contributed by atoms with Crippen LogP contribution in [-0.4, -0.2) is 61.0 Å². The number of carbonyl (C=O) groups excluding carboxylic acids is 1. The Kier molecular flexibility index (Phi) is 6.52. The third-order valence-corrected chi connectivity index (χ3v) is 3.59. The first-order valence-electron chi connectivity index (χ1n) is 6.91. The van der Waals surface area contributed by atoms with Crippen LogP contribution in [0.5, 0.6) is 0 Å². The number of hydrogen-bond donors (Lipinski definition) is 1. The van der Waals surface area contributed by atoms with E-state index >= 15 is 0 Å². The molecule has 4 heteroatoms. The Hall–Kier alpha value is -0.610. The third kappa shape index (κ3) is 4.64. The van der Waals surface area contributed by atoms with Crippen LogP contribution in [0.3, 0.4) is 0 Å². The van der Waals surface area contributed by atoms with Crippen molar-refractivity contribution in [3.63, 3.8) is 0 Å². The van der Waals surface area contributed by atoms with Gasteiger partial charge in [0.05, 0.1) is 0 Å². The van der Waals surface area contributed by atoms with Crippen LogP contribution in [-0.2, 0) is 4.79 Å². The van der Waals surface area contributed by atoms with Crippen molar-refractivity contribution in [1.82, 2.24) is 15.1 Å². The molecule has 0 spiro atoms. The Bertz CT molecular complexity index is 229. The molecule has 17 heavy (non-hydrogen) atoms. The van der Waals surface area contributed by atoms with E-state index in [0.717, 1.165) is 45.7 Å². The first-order valence-corrected chi connectivity index (χ1v) is 6.91. The van der Waals surface area contributed by atoms with Crippen LogP contribution >= 0.6 is 0 Å². The van der Waals surface area contributed by atoms with Crippen LogP contribution in [0.15, 0.2) is 0 Å². The fourth-order valence-electron chi connectivity index (χ4n) is 2.38. The van der Waals surface area contributed by atoms with Crippen LogP contribution in [0.1, 0.15) is 33.6 Å². The largest absolute Gasteiger partial charge is 0.343 e. The average molecular weight is 241 g/mol. The lowest BCUT2D eigenvalue weighted by Crippen LogP contribution is -2.50. The highest BCUT2D eigenvalue weighted by atomic mass is 16.2. The van der Waals surface area contributed by atoms with Crippen molar-refractivity contribution in [2.24, 2.45) is 0 Å². The molecule has 1 heterocycles. The van der Waals surface area contributed by atoms with Gasteiger partial charge in [-0.25, -0.2) is 0 Å². The first-order chi connectivity index (χ1) is 8.19. The Morgan fingerprint density at radius 3 is 2.71 bits per heavy atom. The number of rotatable bonds is 6. The number of piperazine rings is 1. The van der Waals surface area contributed by atoms with Gasteiger partial charge >= 0.3 is 0 Å².